The van der Waals surface area contributed by atoms with Crippen LogP contribution in [0.1, 0.15) is 37.8 Å². The topological polar surface area (TPSA) is 53.9 Å². The van der Waals surface area contributed by atoms with E-state index in [0.717, 1.165) is 17.9 Å². The molecule has 0 amide bonds. The predicted molar refractivity (Wildman–Crippen MR) is 107 cm³/mol. The Kier molecular flexibility index (Phi) is 5.46. The Morgan fingerprint density at radius 1 is 1.08 bits per heavy atom. The summed E-state index contributed by atoms with van der Waals surface area (Å²) in [5.41, 5.74) is 4.56. The average Bonchev–Trinajstić information content (AvgIpc) is 2.63. The fourth-order valence-corrected chi connectivity index (χ4v) is 2.96. The van der Waals surface area contributed by atoms with E-state index in [1.54, 1.807) is 6.20 Å². The maximum Gasteiger partial charge on any atom is 0.251 e. The van der Waals surface area contributed by atoms with Gasteiger partial charge >= 0.3 is 0 Å². The summed E-state index contributed by atoms with van der Waals surface area (Å²) in [5, 5.41) is 11.8. The highest BCUT2D eigenvalue weighted by Gasteiger charge is 2.13. The molecule has 0 aliphatic heterocycles. The number of nitrogens with one attached hydrogen (secondary N) is 1. The molecule has 1 N–H and O–H groups in total. The molecule has 134 valence electrons. The Labute approximate surface area is 155 Å². The Hall–Kier alpha value is -2.95. The van der Waals surface area contributed by atoms with Gasteiger partial charge in [-0.2, -0.15) is 10.1 Å². The van der Waals surface area contributed by atoms with Crippen LogP contribution in [0.15, 0.2) is 54.7 Å². The zero-order chi connectivity index (χ0) is 18.5. The Bertz CT molecular complexity index is 876. The van der Waals surface area contributed by atoms with Crippen LogP contribution >= 0.6 is 0 Å². The second-order valence-corrected chi connectivity index (χ2v) is 6.59. The van der Waals surface area contributed by atoms with Gasteiger partial charge in [-0.15, -0.1) is 5.10 Å². The van der Waals surface area contributed by atoms with Crippen LogP contribution < -0.4 is 10.2 Å². The van der Waals surface area contributed by atoms with E-state index in [1.807, 2.05) is 12.1 Å². The number of hydrogen-bond donors (Lipinski definition) is 1. The van der Waals surface area contributed by atoms with E-state index in [-0.39, 0.29) is 0 Å². The van der Waals surface area contributed by atoms with Crippen molar-refractivity contribution in [2.75, 3.05) is 16.8 Å². The van der Waals surface area contributed by atoms with Crippen LogP contribution in [0, 0.1) is 6.92 Å². The minimum atomic E-state index is 0.424. The minimum Gasteiger partial charge on any atom is -0.339 e. The molecule has 0 aliphatic rings. The molecule has 0 saturated carbocycles. The predicted octanol–water partition coefficient (Wildman–Crippen LogP) is 5.21. The van der Waals surface area contributed by atoms with E-state index < -0.39 is 0 Å². The van der Waals surface area contributed by atoms with Gasteiger partial charge < -0.3 is 10.2 Å². The number of rotatable bonds is 6. The van der Waals surface area contributed by atoms with E-state index in [9.17, 15) is 0 Å². The average molecular weight is 347 g/mol. The third kappa shape index (κ3) is 3.99. The zero-order valence-corrected chi connectivity index (χ0v) is 15.8. The van der Waals surface area contributed by atoms with E-state index in [4.69, 9.17) is 0 Å². The van der Waals surface area contributed by atoms with Crippen LogP contribution in [-0.4, -0.2) is 21.7 Å². The van der Waals surface area contributed by atoms with Gasteiger partial charge in [0.25, 0.3) is 5.95 Å². The second kappa shape index (κ2) is 7.95. The maximum atomic E-state index is 4.69. The SMILES string of the molecule is CCN(c1cccc(C)c1)c1nncc(Nc2ccccc2C(C)C)n1. The number of para-hydroxylation sites is 1. The van der Waals surface area contributed by atoms with Crippen LogP contribution in [0.25, 0.3) is 0 Å². The zero-order valence-electron chi connectivity index (χ0n) is 15.8. The largest absolute Gasteiger partial charge is 0.339 e. The molecule has 0 unspecified atom stereocenters. The summed E-state index contributed by atoms with van der Waals surface area (Å²) in [7, 11) is 0. The number of nitrogens with zero attached hydrogens (tertiary/aromatic N) is 4. The Balaban J connectivity index is 1.91. The molecule has 5 heteroatoms. The minimum absolute atomic E-state index is 0.424. The fourth-order valence-electron chi connectivity index (χ4n) is 2.96. The lowest BCUT2D eigenvalue weighted by molar-refractivity contribution is 0.866. The summed E-state index contributed by atoms with van der Waals surface area (Å²) in [6.45, 7) is 9.29. The van der Waals surface area contributed by atoms with Crippen molar-refractivity contribution in [1.29, 1.82) is 0 Å². The lowest BCUT2D eigenvalue weighted by Gasteiger charge is -2.21. The number of aryl methyl sites for hydroxylation is 1. The molecule has 26 heavy (non-hydrogen) atoms. The first-order chi connectivity index (χ1) is 12.6. The lowest BCUT2D eigenvalue weighted by Crippen LogP contribution is -2.19. The van der Waals surface area contributed by atoms with E-state index in [0.29, 0.717) is 17.7 Å². The van der Waals surface area contributed by atoms with Gasteiger partial charge in [-0.25, -0.2) is 0 Å². The lowest BCUT2D eigenvalue weighted by atomic mass is 10.0. The van der Waals surface area contributed by atoms with Gasteiger partial charge in [0.1, 0.15) is 0 Å². The van der Waals surface area contributed by atoms with Crippen molar-refractivity contribution in [1.82, 2.24) is 15.2 Å². The molecule has 0 fully saturated rings. The van der Waals surface area contributed by atoms with Crippen LogP contribution in [0.5, 0.6) is 0 Å². The molecular formula is C21H25N5. The molecule has 1 heterocycles. The highest BCUT2D eigenvalue weighted by atomic mass is 15.3. The highest BCUT2D eigenvalue weighted by Crippen LogP contribution is 2.27. The molecule has 1 aromatic heterocycles. The van der Waals surface area contributed by atoms with Crippen molar-refractivity contribution in [2.45, 2.75) is 33.6 Å². The summed E-state index contributed by atoms with van der Waals surface area (Å²) in [6, 6.07) is 16.6. The molecule has 3 aromatic rings. The number of benzene rings is 2. The van der Waals surface area contributed by atoms with Gasteiger partial charge in [0.2, 0.25) is 0 Å². The first-order valence-corrected chi connectivity index (χ1v) is 8.98. The number of hydrogen-bond acceptors (Lipinski definition) is 5. The molecule has 0 saturated heterocycles. The quantitative estimate of drug-likeness (QED) is 0.664. The Morgan fingerprint density at radius 3 is 2.62 bits per heavy atom. The molecule has 5 nitrogen and oxygen atoms in total. The van der Waals surface area contributed by atoms with Crippen LogP contribution in [0.4, 0.5) is 23.1 Å². The van der Waals surface area contributed by atoms with Crippen molar-refractivity contribution in [3.63, 3.8) is 0 Å². The molecule has 2 aromatic carbocycles. The summed E-state index contributed by atoms with van der Waals surface area (Å²) in [5.74, 6) is 1.70. The van der Waals surface area contributed by atoms with Crippen molar-refractivity contribution in [3.8, 4) is 0 Å². The number of anilines is 4. The first kappa shape index (κ1) is 17.9. The van der Waals surface area contributed by atoms with E-state index in [1.165, 1.54) is 11.1 Å². The molecule has 0 bridgehead atoms. The molecule has 3 rings (SSSR count). The van der Waals surface area contributed by atoms with Crippen molar-refractivity contribution in [2.24, 2.45) is 0 Å². The maximum absolute atomic E-state index is 4.69. The summed E-state index contributed by atoms with van der Waals surface area (Å²) in [6.07, 6.45) is 1.66. The first-order valence-electron chi connectivity index (χ1n) is 8.98. The van der Waals surface area contributed by atoms with Crippen molar-refractivity contribution in [3.05, 3.63) is 65.9 Å². The Morgan fingerprint density at radius 2 is 1.88 bits per heavy atom. The normalized spacial score (nSPS) is 10.8. The molecule has 0 aliphatic carbocycles. The summed E-state index contributed by atoms with van der Waals surface area (Å²) >= 11 is 0. The van der Waals surface area contributed by atoms with Gasteiger partial charge in [-0.1, -0.05) is 44.2 Å². The van der Waals surface area contributed by atoms with E-state index in [2.05, 4.69) is 89.5 Å². The van der Waals surface area contributed by atoms with Gasteiger partial charge in [-0.3, -0.25) is 0 Å². The van der Waals surface area contributed by atoms with Crippen molar-refractivity contribution < 1.29 is 0 Å². The molecular weight excluding hydrogens is 322 g/mol. The standard InChI is InChI=1S/C21H25N5/c1-5-26(17-10-8-9-16(4)13-17)21-24-20(14-22-25-21)23-19-12-7-6-11-18(19)15(2)3/h6-15H,5H2,1-4H3,(H,23,24,25). The number of aromatic nitrogens is 3. The fraction of sp³-hybridized carbons (Fsp3) is 0.286. The van der Waals surface area contributed by atoms with E-state index >= 15 is 0 Å². The van der Waals surface area contributed by atoms with Crippen molar-refractivity contribution >= 4 is 23.1 Å². The molecule has 0 spiro atoms. The molecule has 0 atom stereocenters. The van der Waals surface area contributed by atoms with Gasteiger partial charge in [0, 0.05) is 17.9 Å². The van der Waals surface area contributed by atoms with Gasteiger partial charge in [0.15, 0.2) is 5.82 Å². The summed E-state index contributed by atoms with van der Waals surface area (Å²) < 4.78 is 0. The van der Waals surface area contributed by atoms with Crippen LogP contribution in [0.3, 0.4) is 0 Å². The monoisotopic (exact) mass is 347 g/mol. The summed E-state index contributed by atoms with van der Waals surface area (Å²) in [4.78, 5) is 6.74. The third-order valence-electron chi connectivity index (χ3n) is 4.26. The van der Waals surface area contributed by atoms with Crippen LogP contribution in [0.2, 0.25) is 0 Å². The third-order valence-corrected chi connectivity index (χ3v) is 4.26. The van der Waals surface area contributed by atoms with Gasteiger partial charge in [-0.05, 0) is 49.1 Å². The smallest absolute Gasteiger partial charge is 0.251 e. The highest BCUT2D eigenvalue weighted by molar-refractivity contribution is 5.63. The van der Waals surface area contributed by atoms with Gasteiger partial charge in [0.05, 0.1) is 6.20 Å². The second-order valence-electron chi connectivity index (χ2n) is 6.59. The molecule has 0 radical (unpaired) electrons. The van der Waals surface area contributed by atoms with Crippen LogP contribution in [-0.2, 0) is 0 Å².